The second-order valence-electron chi connectivity index (χ2n) is 5.81. The third kappa shape index (κ3) is 2.34. The van der Waals surface area contributed by atoms with Crippen molar-refractivity contribution in [3.05, 3.63) is 77.2 Å². The van der Waals surface area contributed by atoms with Gasteiger partial charge in [0.2, 0.25) is 11.8 Å². The average molecular weight is 374 g/mol. The maximum atomic E-state index is 5.72. The van der Waals surface area contributed by atoms with Gasteiger partial charge in [0.1, 0.15) is 0 Å². The molecule has 0 saturated carbocycles. The highest BCUT2D eigenvalue weighted by Crippen LogP contribution is 2.30. The normalized spacial score (nSPS) is 13.5. The van der Waals surface area contributed by atoms with Gasteiger partial charge in [0.25, 0.3) is 11.4 Å². The Morgan fingerprint density at radius 2 is 1.35 bits per heavy atom. The van der Waals surface area contributed by atoms with Crippen molar-refractivity contribution in [2.24, 2.45) is 0 Å². The van der Waals surface area contributed by atoms with Gasteiger partial charge in [-0.05, 0) is 12.1 Å². The van der Waals surface area contributed by atoms with Crippen molar-refractivity contribution in [2.75, 3.05) is 0 Å². The van der Waals surface area contributed by atoms with E-state index in [-0.39, 0.29) is 0 Å². The second kappa shape index (κ2) is 5.79. The van der Waals surface area contributed by atoms with Gasteiger partial charge in [0.15, 0.2) is 0 Å². The molecule has 4 nitrogen and oxygen atoms in total. The van der Waals surface area contributed by atoms with Crippen LogP contribution in [0.2, 0.25) is 0 Å². The molecule has 0 radical (unpaired) electrons. The van der Waals surface area contributed by atoms with Crippen molar-refractivity contribution in [2.45, 2.75) is 0 Å². The molecule has 124 valence electrons. The summed E-state index contributed by atoms with van der Waals surface area (Å²) in [5.74, 6) is 0.851. The van der Waals surface area contributed by atoms with E-state index >= 15 is 0 Å². The van der Waals surface area contributed by atoms with Gasteiger partial charge < -0.3 is 8.83 Å². The molecule has 0 bridgehead atoms. The number of oxazole rings is 2. The predicted molar refractivity (Wildman–Crippen MR) is 107 cm³/mol. The summed E-state index contributed by atoms with van der Waals surface area (Å²) in [5.41, 5.74) is 4.28. The molecular formula is C20H10N2O2S2. The highest BCUT2D eigenvalue weighted by Gasteiger charge is 2.27. The molecule has 0 unspecified atom stereocenters. The molecule has 0 atom stereocenters. The van der Waals surface area contributed by atoms with E-state index in [4.69, 9.17) is 33.3 Å². The van der Waals surface area contributed by atoms with Crippen LogP contribution in [0.3, 0.4) is 0 Å². The van der Waals surface area contributed by atoms with E-state index in [1.165, 1.54) is 0 Å². The topological polar surface area (TPSA) is 52.1 Å². The molecule has 6 heteroatoms. The smallest absolute Gasteiger partial charge is 0.288 e. The molecule has 26 heavy (non-hydrogen) atoms. The van der Waals surface area contributed by atoms with E-state index in [1.807, 2.05) is 54.6 Å². The molecule has 1 aliphatic rings. The third-order valence-corrected chi connectivity index (χ3v) is 5.07. The number of hydrogen-bond acceptors (Lipinski definition) is 6. The Bertz CT molecular complexity index is 1150. The molecule has 4 aromatic rings. The summed E-state index contributed by atoms with van der Waals surface area (Å²) in [7, 11) is 0. The van der Waals surface area contributed by atoms with Gasteiger partial charge in [-0.15, -0.1) is 0 Å². The maximum Gasteiger partial charge on any atom is 0.288 e. The van der Waals surface area contributed by atoms with E-state index in [9.17, 15) is 0 Å². The molecule has 5 rings (SSSR count). The number of nitrogens with zero attached hydrogens (tertiary/aromatic N) is 2. The summed E-state index contributed by atoms with van der Waals surface area (Å²) in [5, 5.41) is 0. The van der Waals surface area contributed by atoms with Gasteiger partial charge in [0, 0.05) is 28.3 Å². The molecule has 0 amide bonds. The molecule has 2 aromatic heterocycles. The number of hydrogen-bond donors (Lipinski definition) is 0. The Kier molecular flexibility index (Phi) is 3.41. The highest BCUT2D eigenvalue weighted by molar-refractivity contribution is 7.84. The van der Waals surface area contributed by atoms with Crippen LogP contribution >= 0.6 is 24.4 Å². The summed E-state index contributed by atoms with van der Waals surface area (Å²) in [6.45, 7) is 0. The van der Waals surface area contributed by atoms with Crippen LogP contribution in [-0.4, -0.2) is 19.7 Å². The van der Waals surface area contributed by atoms with Gasteiger partial charge in [-0.3, -0.25) is 0 Å². The average Bonchev–Trinajstić information content (AvgIpc) is 3.30. The number of allylic oxidation sites excluding steroid dienone is 1. The highest BCUT2D eigenvalue weighted by atomic mass is 32.1. The Morgan fingerprint density at radius 1 is 0.731 bits per heavy atom. The number of benzene rings is 2. The Labute approximate surface area is 159 Å². The van der Waals surface area contributed by atoms with E-state index in [0.29, 0.717) is 32.9 Å². The van der Waals surface area contributed by atoms with E-state index < -0.39 is 0 Å². The number of aromatic nitrogens is 2. The third-order valence-electron chi connectivity index (χ3n) is 4.19. The molecule has 0 aliphatic heterocycles. The zero-order valence-corrected chi connectivity index (χ0v) is 14.9. The quantitative estimate of drug-likeness (QED) is 0.363. The summed E-state index contributed by atoms with van der Waals surface area (Å²) in [4.78, 5) is 10.1. The van der Waals surface area contributed by atoms with E-state index in [1.54, 1.807) is 6.08 Å². The fourth-order valence-electron chi connectivity index (χ4n) is 2.95. The first kappa shape index (κ1) is 15.3. The van der Waals surface area contributed by atoms with Crippen molar-refractivity contribution >= 4 is 51.7 Å². The lowest BCUT2D eigenvalue weighted by molar-refractivity contribution is 0.573. The van der Waals surface area contributed by atoms with Crippen molar-refractivity contribution in [1.29, 1.82) is 0 Å². The van der Waals surface area contributed by atoms with E-state index in [0.717, 1.165) is 22.3 Å². The lowest BCUT2D eigenvalue weighted by atomic mass is 10.1. The Morgan fingerprint density at radius 3 is 2.00 bits per heavy atom. The fraction of sp³-hybridized carbons (Fsp3) is 0. The van der Waals surface area contributed by atoms with Gasteiger partial charge in [0.05, 0.1) is 9.73 Å². The fourth-order valence-corrected chi connectivity index (χ4v) is 3.69. The molecule has 1 aliphatic carbocycles. The number of fused-ring (bicyclic) bond motifs is 2. The summed E-state index contributed by atoms with van der Waals surface area (Å²) in [6.07, 6.45) is 1.75. The van der Waals surface area contributed by atoms with Gasteiger partial charge in [-0.1, -0.05) is 66.9 Å². The van der Waals surface area contributed by atoms with Gasteiger partial charge in [-0.25, -0.2) is 0 Å². The zero-order valence-electron chi connectivity index (χ0n) is 13.3. The monoisotopic (exact) mass is 374 g/mol. The first-order valence-electron chi connectivity index (χ1n) is 7.93. The largest absolute Gasteiger partial charge is 0.415 e. The molecule has 0 N–H and O–H groups in total. The standard InChI is InChI=1S/C20H10N2O2S2/c25-16-12-8-4-5-9-13(12)17(26)14(16)10-15-21-19-20(23-15)22-18(24-19)11-6-2-1-3-7-11/h1-10H. The minimum Gasteiger partial charge on any atom is -0.415 e. The maximum absolute atomic E-state index is 5.72. The summed E-state index contributed by atoms with van der Waals surface area (Å²) < 4.78 is 11.4. The lowest BCUT2D eigenvalue weighted by Crippen LogP contribution is -1.97. The number of thiocarbonyl (C=S) groups is 2. The minimum absolute atomic E-state index is 0.350. The Balaban J connectivity index is 1.53. The van der Waals surface area contributed by atoms with Crippen LogP contribution in [-0.2, 0) is 0 Å². The SMILES string of the molecule is S=C1C(=Cc2nc3oc(-c4ccccc4)nc3o2)C(=S)c2ccccc21. The number of rotatable bonds is 2. The summed E-state index contributed by atoms with van der Waals surface area (Å²) in [6, 6.07) is 17.5. The van der Waals surface area contributed by atoms with Crippen LogP contribution in [0.1, 0.15) is 17.0 Å². The van der Waals surface area contributed by atoms with E-state index in [2.05, 4.69) is 9.97 Å². The van der Waals surface area contributed by atoms with Gasteiger partial charge in [-0.2, -0.15) is 9.97 Å². The molecule has 0 fully saturated rings. The van der Waals surface area contributed by atoms with Crippen molar-refractivity contribution in [1.82, 2.24) is 9.97 Å². The molecule has 0 saturated heterocycles. The van der Waals surface area contributed by atoms with Crippen LogP contribution < -0.4 is 0 Å². The first-order valence-corrected chi connectivity index (χ1v) is 8.75. The molecule has 0 spiro atoms. The second-order valence-corrected chi connectivity index (χ2v) is 6.63. The van der Waals surface area contributed by atoms with Crippen LogP contribution in [0.25, 0.3) is 29.0 Å². The van der Waals surface area contributed by atoms with Crippen molar-refractivity contribution in [3.8, 4) is 11.5 Å². The first-order chi connectivity index (χ1) is 12.7. The Hall–Kier alpha value is -2.96. The minimum atomic E-state index is 0.350. The van der Waals surface area contributed by atoms with Crippen LogP contribution in [0.5, 0.6) is 0 Å². The van der Waals surface area contributed by atoms with Crippen LogP contribution in [0.4, 0.5) is 0 Å². The van der Waals surface area contributed by atoms with Gasteiger partial charge >= 0.3 is 0 Å². The lowest BCUT2D eigenvalue weighted by Gasteiger charge is -1.95. The van der Waals surface area contributed by atoms with Crippen molar-refractivity contribution < 1.29 is 8.83 Å². The van der Waals surface area contributed by atoms with Crippen molar-refractivity contribution in [3.63, 3.8) is 0 Å². The zero-order chi connectivity index (χ0) is 17.7. The van der Waals surface area contributed by atoms with Crippen LogP contribution in [0.15, 0.2) is 69.0 Å². The molecule has 2 heterocycles. The van der Waals surface area contributed by atoms with Crippen LogP contribution in [0, 0.1) is 0 Å². The summed E-state index contributed by atoms with van der Waals surface area (Å²) >= 11 is 11.1. The predicted octanol–water partition coefficient (Wildman–Crippen LogP) is 5.02. The molecule has 2 aromatic carbocycles. The molecular weight excluding hydrogens is 364 g/mol.